The van der Waals surface area contributed by atoms with Gasteiger partial charge in [-0.3, -0.25) is 0 Å². The molecule has 0 radical (unpaired) electrons. The summed E-state index contributed by atoms with van der Waals surface area (Å²) in [5.74, 6) is 2.69. The Balaban J connectivity index is 1.48. The second-order valence-corrected chi connectivity index (χ2v) is 7.35. The van der Waals surface area contributed by atoms with Crippen molar-refractivity contribution in [2.24, 2.45) is 7.05 Å². The number of rotatable bonds is 6. The van der Waals surface area contributed by atoms with E-state index in [1.807, 2.05) is 19.2 Å². The lowest BCUT2D eigenvalue weighted by Gasteiger charge is -2.07. The zero-order chi connectivity index (χ0) is 18.6. The highest BCUT2D eigenvalue weighted by molar-refractivity contribution is 7.98. The summed E-state index contributed by atoms with van der Waals surface area (Å²) in [6, 6.07) is 23.0. The summed E-state index contributed by atoms with van der Waals surface area (Å²) in [4.78, 5) is 0. The normalized spacial score (nSPS) is 11.0. The Morgan fingerprint density at radius 3 is 2.52 bits per heavy atom. The fraction of sp³-hybridized carbons (Fsp3) is 0.182. The van der Waals surface area contributed by atoms with Crippen LogP contribution in [-0.2, 0) is 19.2 Å². The average molecular weight is 375 g/mol. The molecule has 0 spiro atoms. The lowest BCUT2D eigenvalue weighted by Crippen LogP contribution is -2.00. The maximum Gasteiger partial charge on any atom is 0.191 e. The van der Waals surface area contributed by atoms with E-state index in [9.17, 15) is 0 Å². The van der Waals surface area contributed by atoms with Crippen molar-refractivity contribution in [3.05, 3.63) is 83.7 Å². The van der Waals surface area contributed by atoms with Crippen molar-refractivity contribution in [2.45, 2.75) is 17.3 Å². The summed E-state index contributed by atoms with van der Waals surface area (Å²) >= 11 is 1.72. The van der Waals surface area contributed by atoms with E-state index in [-0.39, 0.29) is 0 Å². The standard InChI is InChI=1S/C22H21N3OS/c1-25-21(14-16-10-12-19(26-2)13-11-16)23-24-22(25)27-15-18-8-5-7-17-6-3-4-9-20(17)18/h3-13H,14-15H2,1-2H3. The van der Waals surface area contributed by atoms with Crippen LogP contribution in [0.2, 0.25) is 0 Å². The van der Waals surface area contributed by atoms with Gasteiger partial charge in [-0.2, -0.15) is 0 Å². The van der Waals surface area contributed by atoms with Crippen LogP contribution >= 0.6 is 11.8 Å². The minimum Gasteiger partial charge on any atom is -0.497 e. The summed E-state index contributed by atoms with van der Waals surface area (Å²) in [5.41, 5.74) is 2.51. The fourth-order valence-electron chi connectivity index (χ4n) is 3.11. The van der Waals surface area contributed by atoms with E-state index in [1.165, 1.54) is 21.9 Å². The quantitative estimate of drug-likeness (QED) is 0.451. The molecule has 0 aliphatic rings. The highest BCUT2D eigenvalue weighted by Gasteiger charge is 2.11. The van der Waals surface area contributed by atoms with Crippen LogP contribution < -0.4 is 4.74 Å². The Morgan fingerprint density at radius 1 is 0.926 bits per heavy atom. The third-order valence-electron chi connectivity index (χ3n) is 4.68. The first kappa shape index (κ1) is 17.6. The predicted octanol–water partition coefficient (Wildman–Crippen LogP) is 4.86. The van der Waals surface area contributed by atoms with Gasteiger partial charge in [0.15, 0.2) is 5.16 Å². The highest BCUT2D eigenvalue weighted by Crippen LogP contribution is 2.27. The molecule has 5 heteroatoms. The summed E-state index contributed by atoms with van der Waals surface area (Å²) in [7, 11) is 3.71. The second-order valence-electron chi connectivity index (χ2n) is 6.41. The highest BCUT2D eigenvalue weighted by atomic mass is 32.2. The Kier molecular flexibility index (Phi) is 5.12. The number of fused-ring (bicyclic) bond motifs is 1. The molecule has 0 atom stereocenters. The van der Waals surface area contributed by atoms with Gasteiger partial charge in [0.1, 0.15) is 11.6 Å². The summed E-state index contributed by atoms with van der Waals surface area (Å²) in [6.07, 6.45) is 0.752. The molecule has 4 nitrogen and oxygen atoms in total. The van der Waals surface area contributed by atoms with E-state index in [4.69, 9.17) is 4.74 Å². The fourth-order valence-corrected chi connectivity index (χ4v) is 4.05. The van der Waals surface area contributed by atoms with Gasteiger partial charge in [-0.1, -0.05) is 66.4 Å². The minimum atomic E-state index is 0.752. The molecule has 1 heterocycles. The van der Waals surface area contributed by atoms with Gasteiger partial charge in [-0.25, -0.2) is 0 Å². The monoisotopic (exact) mass is 375 g/mol. The molecule has 4 aromatic rings. The molecule has 0 aliphatic heterocycles. The molecule has 1 aromatic heterocycles. The third-order valence-corrected chi connectivity index (χ3v) is 5.75. The van der Waals surface area contributed by atoms with Gasteiger partial charge in [0, 0.05) is 19.2 Å². The number of nitrogens with zero attached hydrogens (tertiary/aromatic N) is 3. The van der Waals surface area contributed by atoms with Gasteiger partial charge in [-0.05, 0) is 34.0 Å². The molecule has 0 aliphatic carbocycles. The Bertz CT molecular complexity index is 1050. The maximum atomic E-state index is 5.22. The van der Waals surface area contributed by atoms with Gasteiger partial charge in [0.05, 0.1) is 7.11 Å². The summed E-state index contributed by atoms with van der Waals surface area (Å²) < 4.78 is 7.30. The average Bonchev–Trinajstić information content (AvgIpc) is 3.06. The van der Waals surface area contributed by atoms with Gasteiger partial charge in [0.25, 0.3) is 0 Å². The number of ether oxygens (including phenoxy) is 1. The van der Waals surface area contributed by atoms with Crippen LogP contribution in [0.25, 0.3) is 10.8 Å². The molecule has 0 N–H and O–H groups in total. The Morgan fingerprint density at radius 2 is 1.70 bits per heavy atom. The molecular formula is C22H21N3OS. The Hall–Kier alpha value is -2.79. The van der Waals surface area contributed by atoms with Gasteiger partial charge in [-0.15, -0.1) is 10.2 Å². The van der Waals surface area contributed by atoms with Gasteiger partial charge in [0.2, 0.25) is 0 Å². The molecule has 0 saturated carbocycles. The largest absolute Gasteiger partial charge is 0.497 e. The zero-order valence-corrected chi connectivity index (χ0v) is 16.2. The van der Waals surface area contributed by atoms with Crippen LogP contribution in [0.5, 0.6) is 5.75 Å². The van der Waals surface area contributed by atoms with Crippen LogP contribution in [0, 0.1) is 0 Å². The third kappa shape index (κ3) is 3.83. The topological polar surface area (TPSA) is 39.9 Å². The van der Waals surface area contributed by atoms with E-state index in [1.54, 1.807) is 18.9 Å². The molecule has 0 fully saturated rings. The van der Waals surface area contributed by atoms with E-state index in [0.29, 0.717) is 0 Å². The first-order chi connectivity index (χ1) is 13.2. The number of aromatic nitrogens is 3. The molecule has 4 rings (SSSR count). The van der Waals surface area contributed by atoms with Crippen molar-refractivity contribution >= 4 is 22.5 Å². The molecule has 0 amide bonds. The summed E-state index contributed by atoms with van der Waals surface area (Å²) in [6.45, 7) is 0. The van der Waals surface area contributed by atoms with Crippen molar-refractivity contribution in [1.82, 2.24) is 14.8 Å². The molecular weight excluding hydrogens is 354 g/mol. The molecule has 27 heavy (non-hydrogen) atoms. The number of hydrogen-bond donors (Lipinski definition) is 0. The van der Waals surface area contributed by atoms with Gasteiger partial charge < -0.3 is 9.30 Å². The lowest BCUT2D eigenvalue weighted by molar-refractivity contribution is 0.414. The van der Waals surface area contributed by atoms with Crippen LogP contribution in [0.4, 0.5) is 0 Å². The Labute approximate surface area is 163 Å². The minimum absolute atomic E-state index is 0.752. The first-order valence-electron chi connectivity index (χ1n) is 8.85. The molecule has 0 bridgehead atoms. The van der Waals surface area contributed by atoms with E-state index < -0.39 is 0 Å². The lowest BCUT2D eigenvalue weighted by atomic mass is 10.1. The molecule has 0 saturated heterocycles. The van der Waals surface area contributed by atoms with Crippen LogP contribution in [-0.4, -0.2) is 21.9 Å². The van der Waals surface area contributed by atoms with E-state index in [2.05, 4.69) is 69.4 Å². The maximum absolute atomic E-state index is 5.22. The molecule has 136 valence electrons. The number of thioether (sulfide) groups is 1. The zero-order valence-electron chi connectivity index (χ0n) is 15.4. The molecule has 0 unspecified atom stereocenters. The van der Waals surface area contributed by atoms with Crippen molar-refractivity contribution in [3.63, 3.8) is 0 Å². The van der Waals surface area contributed by atoms with Crippen LogP contribution in [0.3, 0.4) is 0 Å². The van der Waals surface area contributed by atoms with E-state index in [0.717, 1.165) is 28.9 Å². The predicted molar refractivity (Wildman–Crippen MR) is 110 cm³/mol. The van der Waals surface area contributed by atoms with Crippen LogP contribution in [0.15, 0.2) is 71.9 Å². The first-order valence-corrected chi connectivity index (χ1v) is 9.84. The van der Waals surface area contributed by atoms with Gasteiger partial charge >= 0.3 is 0 Å². The second kappa shape index (κ2) is 7.84. The van der Waals surface area contributed by atoms with Crippen molar-refractivity contribution in [3.8, 4) is 5.75 Å². The van der Waals surface area contributed by atoms with Crippen LogP contribution in [0.1, 0.15) is 17.0 Å². The number of benzene rings is 3. The number of methoxy groups -OCH3 is 1. The van der Waals surface area contributed by atoms with Crippen molar-refractivity contribution in [2.75, 3.05) is 7.11 Å². The smallest absolute Gasteiger partial charge is 0.191 e. The van der Waals surface area contributed by atoms with Crippen molar-refractivity contribution < 1.29 is 4.74 Å². The van der Waals surface area contributed by atoms with Crippen molar-refractivity contribution in [1.29, 1.82) is 0 Å². The SMILES string of the molecule is COc1ccc(Cc2nnc(SCc3cccc4ccccc34)n2C)cc1. The van der Waals surface area contributed by atoms with E-state index >= 15 is 0 Å². The number of hydrogen-bond acceptors (Lipinski definition) is 4. The molecule has 3 aromatic carbocycles. The summed E-state index contributed by atoms with van der Waals surface area (Å²) in [5, 5.41) is 12.3.